The molecule has 0 fully saturated rings. The molecule has 7 nitrogen and oxygen atoms in total. The standard InChI is InChI=1S/C19H17FN6O/c1-27-18-13(3-2-4-21-18)9-26-19-24-7-12(8-25-19)5-14-10-22-17-16(14)6-15(20)11-23-17/h2-4,6-8,10-11H,5,9H2,1H3,(H,22,23)(H,24,25,26). The first-order valence-corrected chi connectivity index (χ1v) is 8.37. The molecular weight excluding hydrogens is 347 g/mol. The highest BCUT2D eigenvalue weighted by molar-refractivity contribution is 5.79. The van der Waals surface area contributed by atoms with Crippen molar-refractivity contribution < 1.29 is 9.13 Å². The van der Waals surface area contributed by atoms with E-state index in [2.05, 4.69) is 30.2 Å². The zero-order chi connectivity index (χ0) is 18.6. The maximum Gasteiger partial charge on any atom is 0.222 e. The number of fused-ring (bicyclic) bond motifs is 1. The van der Waals surface area contributed by atoms with Gasteiger partial charge >= 0.3 is 0 Å². The molecule has 2 N–H and O–H groups in total. The fourth-order valence-corrected chi connectivity index (χ4v) is 2.85. The van der Waals surface area contributed by atoms with E-state index in [1.54, 1.807) is 25.7 Å². The quantitative estimate of drug-likeness (QED) is 0.547. The predicted molar refractivity (Wildman–Crippen MR) is 99.0 cm³/mol. The number of aromatic amines is 1. The van der Waals surface area contributed by atoms with Gasteiger partial charge in [-0.25, -0.2) is 24.3 Å². The molecule has 0 aliphatic rings. The summed E-state index contributed by atoms with van der Waals surface area (Å²) in [6, 6.07) is 5.26. The Bertz CT molecular complexity index is 1060. The fourth-order valence-electron chi connectivity index (χ4n) is 2.85. The molecule has 0 bridgehead atoms. The molecule has 0 spiro atoms. The van der Waals surface area contributed by atoms with E-state index in [0.717, 1.165) is 22.1 Å². The molecule has 8 heteroatoms. The second kappa shape index (κ2) is 7.36. The van der Waals surface area contributed by atoms with Crippen LogP contribution in [0.15, 0.2) is 49.2 Å². The maximum absolute atomic E-state index is 13.4. The van der Waals surface area contributed by atoms with Gasteiger partial charge in [0.05, 0.1) is 13.3 Å². The number of halogens is 1. The van der Waals surface area contributed by atoms with Crippen LogP contribution in [0.4, 0.5) is 10.3 Å². The fraction of sp³-hybridized carbons (Fsp3) is 0.158. The summed E-state index contributed by atoms with van der Waals surface area (Å²) >= 11 is 0. The molecule has 0 radical (unpaired) electrons. The van der Waals surface area contributed by atoms with Crippen LogP contribution in [0.1, 0.15) is 16.7 Å². The summed E-state index contributed by atoms with van der Waals surface area (Å²) in [6.45, 7) is 0.504. The summed E-state index contributed by atoms with van der Waals surface area (Å²) in [4.78, 5) is 19.9. The molecular formula is C19H17FN6O. The summed E-state index contributed by atoms with van der Waals surface area (Å²) in [5.41, 5.74) is 3.45. The smallest absolute Gasteiger partial charge is 0.222 e. The van der Waals surface area contributed by atoms with Gasteiger partial charge in [-0.15, -0.1) is 0 Å². The SMILES string of the molecule is COc1ncccc1CNc1ncc(Cc2c[nH]c3ncc(F)cc23)cn1. The number of pyridine rings is 2. The van der Waals surface area contributed by atoms with E-state index in [-0.39, 0.29) is 5.82 Å². The first-order valence-electron chi connectivity index (χ1n) is 8.37. The third-order valence-corrected chi connectivity index (χ3v) is 4.16. The Morgan fingerprint density at radius 1 is 1.11 bits per heavy atom. The van der Waals surface area contributed by atoms with E-state index in [1.165, 1.54) is 12.3 Å². The number of hydrogen-bond acceptors (Lipinski definition) is 6. The highest BCUT2D eigenvalue weighted by Crippen LogP contribution is 2.20. The molecule has 4 aromatic rings. The first kappa shape index (κ1) is 16.9. The lowest BCUT2D eigenvalue weighted by Crippen LogP contribution is -2.06. The van der Waals surface area contributed by atoms with Gasteiger partial charge in [0, 0.05) is 48.7 Å². The number of nitrogens with zero attached hydrogens (tertiary/aromatic N) is 4. The van der Waals surface area contributed by atoms with Gasteiger partial charge in [-0.2, -0.15) is 0 Å². The number of aromatic nitrogens is 5. The van der Waals surface area contributed by atoms with Gasteiger partial charge in [-0.1, -0.05) is 6.07 Å². The van der Waals surface area contributed by atoms with Crippen molar-refractivity contribution in [2.75, 3.05) is 12.4 Å². The number of nitrogens with one attached hydrogen (secondary N) is 2. The largest absolute Gasteiger partial charge is 0.481 e. The second-order valence-corrected chi connectivity index (χ2v) is 5.98. The molecule has 0 atom stereocenters. The van der Waals surface area contributed by atoms with E-state index in [4.69, 9.17) is 4.74 Å². The molecule has 0 aromatic carbocycles. The average Bonchev–Trinajstić information content (AvgIpc) is 3.09. The van der Waals surface area contributed by atoms with E-state index >= 15 is 0 Å². The normalized spacial score (nSPS) is 10.9. The maximum atomic E-state index is 13.4. The van der Waals surface area contributed by atoms with Crippen LogP contribution < -0.4 is 10.1 Å². The summed E-state index contributed by atoms with van der Waals surface area (Å²) < 4.78 is 18.7. The van der Waals surface area contributed by atoms with Crippen molar-refractivity contribution in [1.82, 2.24) is 24.9 Å². The Morgan fingerprint density at radius 3 is 2.78 bits per heavy atom. The van der Waals surface area contributed by atoms with Crippen molar-refractivity contribution in [2.24, 2.45) is 0 Å². The molecule has 4 heterocycles. The van der Waals surface area contributed by atoms with Gasteiger partial charge in [0.15, 0.2) is 0 Å². The molecule has 27 heavy (non-hydrogen) atoms. The third-order valence-electron chi connectivity index (χ3n) is 4.16. The minimum absolute atomic E-state index is 0.357. The molecule has 0 saturated heterocycles. The summed E-state index contributed by atoms with van der Waals surface area (Å²) in [6.07, 6.45) is 8.80. The van der Waals surface area contributed by atoms with Gasteiger partial charge in [0.1, 0.15) is 11.5 Å². The van der Waals surface area contributed by atoms with Crippen molar-refractivity contribution in [3.8, 4) is 5.88 Å². The first-order chi connectivity index (χ1) is 13.2. The summed E-state index contributed by atoms with van der Waals surface area (Å²) in [5.74, 6) is 0.725. The molecule has 4 aromatic heterocycles. The Labute approximate surface area is 154 Å². The van der Waals surface area contributed by atoms with Gasteiger partial charge in [0.25, 0.3) is 0 Å². The van der Waals surface area contributed by atoms with E-state index in [9.17, 15) is 4.39 Å². The van der Waals surface area contributed by atoms with Crippen LogP contribution in [0.2, 0.25) is 0 Å². The van der Waals surface area contributed by atoms with Crippen LogP contribution in [-0.4, -0.2) is 32.0 Å². The Kier molecular flexibility index (Phi) is 4.61. The van der Waals surface area contributed by atoms with Crippen LogP contribution in [0.3, 0.4) is 0 Å². The van der Waals surface area contributed by atoms with Crippen LogP contribution in [-0.2, 0) is 13.0 Å². The van der Waals surface area contributed by atoms with Crippen LogP contribution >= 0.6 is 0 Å². The molecule has 0 aliphatic heterocycles. The van der Waals surface area contributed by atoms with Crippen LogP contribution in [0.25, 0.3) is 11.0 Å². The summed E-state index contributed by atoms with van der Waals surface area (Å²) in [7, 11) is 1.59. The monoisotopic (exact) mass is 364 g/mol. The van der Waals surface area contributed by atoms with Crippen molar-refractivity contribution in [3.05, 3.63) is 71.7 Å². The molecule has 4 rings (SSSR count). The Morgan fingerprint density at radius 2 is 1.96 bits per heavy atom. The van der Waals surface area contributed by atoms with E-state index in [0.29, 0.717) is 30.4 Å². The van der Waals surface area contributed by atoms with Gasteiger partial charge in [-0.05, 0) is 23.3 Å². The Hall–Kier alpha value is -3.55. The van der Waals surface area contributed by atoms with Gasteiger partial charge in [0.2, 0.25) is 11.8 Å². The van der Waals surface area contributed by atoms with Gasteiger partial charge < -0.3 is 15.0 Å². The number of anilines is 1. The molecule has 0 aliphatic carbocycles. The van der Waals surface area contributed by atoms with E-state index < -0.39 is 0 Å². The lowest BCUT2D eigenvalue weighted by molar-refractivity contribution is 0.393. The second-order valence-electron chi connectivity index (χ2n) is 5.98. The van der Waals surface area contributed by atoms with Crippen LogP contribution in [0, 0.1) is 5.82 Å². The predicted octanol–water partition coefficient (Wildman–Crippen LogP) is 3.10. The lowest BCUT2D eigenvalue weighted by Gasteiger charge is -2.08. The zero-order valence-corrected chi connectivity index (χ0v) is 14.6. The van der Waals surface area contributed by atoms with Gasteiger partial charge in [-0.3, -0.25) is 0 Å². The highest BCUT2D eigenvalue weighted by Gasteiger charge is 2.08. The van der Waals surface area contributed by atoms with Crippen molar-refractivity contribution in [3.63, 3.8) is 0 Å². The zero-order valence-electron chi connectivity index (χ0n) is 14.6. The molecule has 0 saturated carbocycles. The van der Waals surface area contributed by atoms with Crippen molar-refractivity contribution in [2.45, 2.75) is 13.0 Å². The number of hydrogen-bond donors (Lipinski definition) is 2. The van der Waals surface area contributed by atoms with Crippen molar-refractivity contribution >= 4 is 17.0 Å². The highest BCUT2D eigenvalue weighted by atomic mass is 19.1. The average molecular weight is 364 g/mol. The summed E-state index contributed by atoms with van der Waals surface area (Å²) in [5, 5.41) is 3.92. The van der Waals surface area contributed by atoms with Crippen LogP contribution in [0.5, 0.6) is 5.88 Å². The number of ether oxygens (including phenoxy) is 1. The van der Waals surface area contributed by atoms with Crippen molar-refractivity contribution in [1.29, 1.82) is 0 Å². The Balaban J connectivity index is 1.45. The minimum Gasteiger partial charge on any atom is -0.481 e. The topological polar surface area (TPSA) is 88.6 Å². The number of rotatable bonds is 6. The number of methoxy groups -OCH3 is 1. The van der Waals surface area contributed by atoms with E-state index in [1.807, 2.05) is 18.3 Å². The lowest BCUT2D eigenvalue weighted by atomic mass is 10.1. The number of H-pyrrole nitrogens is 1. The molecule has 136 valence electrons. The molecule has 0 amide bonds. The molecule has 0 unspecified atom stereocenters. The third kappa shape index (κ3) is 3.69. The minimum atomic E-state index is -0.357.